The Morgan fingerprint density at radius 2 is 1.35 bits per heavy atom. The van der Waals surface area contributed by atoms with Crippen LogP contribution in [-0.2, 0) is 22.9 Å². The van der Waals surface area contributed by atoms with Gasteiger partial charge in [0.25, 0.3) is 0 Å². The average molecular weight is 443 g/mol. The van der Waals surface area contributed by atoms with Gasteiger partial charge in [-0.05, 0) is 56.1 Å². The van der Waals surface area contributed by atoms with Crippen molar-refractivity contribution in [2.75, 3.05) is 0 Å². The molecule has 0 fully saturated rings. The maximum absolute atomic E-state index is 2.52. The number of rotatable bonds is 9. The zero-order valence-electron chi connectivity index (χ0n) is 14.6. The van der Waals surface area contributed by atoms with Gasteiger partial charge in [-0.1, -0.05) is 51.7 Å². The van der Waals surface area contributed by atoms with Gasteiger partial charge < -0.3 is 0 Å². The SMILES string of the molecule is CCCCC1=CCC(CCCC)=C1CCCC.[CH3][Hf][CH3]. The van der Waals surface area contributed by atoms with E-state index < -0.39 is 0 Å². The molecule has 0 bridgehead atoms. The summed E-state index contributed by atoms with van der Waals surface area (Å²) in [6.45, 7) is 6.90. The molecule has 0 amide bonds. The Morgan fingerprint density at radius 1 is 0.850 bits per heavy atom. The summed E-state index contributed by atoms with van der Waals surface area (Å²) < 4.78 is 4.64. The molecule has 0 heterocycles. The first-order valence-corrected chi connectivity index (χ1v) is 15.9. The van der Waals surface area contributed by atoms with Gasteiger partial charge in [0.15, 0.2) is 0 Å². The van der Waals surface area contributed by atoms with Crippen molar-refractivity contribution in [2.24, 2.45) is 0 Å². The molecule has 1 rings (SSSR count). The fourth-order valence-corrected chi connectivity index (χ4v) is 2.67. The molecular formula is C19H36Hf. The maximum atomic E-state index is 2.52. The summed E-state index contributed by atoms with van der Waals surface area (Å²) in [7, 11) is 0. The van der Waals surface area contributed by atoms with Crippen LogP contribution in [0.3, 0.4) is 0 Å². The molecule has 0 aromatic carbocycles. The standard InChI is InChI=1S/C17H30.2CH3.Hf/c1-4-7-10-15-13-14-16(11-8-5-2)17(15)12-9-6-3;;;/h13H,4-12,14H2,1-3H3;2*1H3;. The van der Waals surface area contributed by atoms with Gasteiger partial charge in [-0.15, -0.1) is 0 Å². The van der Waals surface area contributed by atoms with Gasteiger partial charge in [0.1, 0.15) is 0 Å². The van der Waals surface area contributed by atoms with E-state index in [0.717, 1.165) is 0 Å². The average Bonchev–Trinajstić information content (AvgIpc) is 2.83. The molecule has 0 atom stereocenters. The third kappa shape index (κ3) is 8.60. The molecule has 0 nitrogen and oxygen atoms in total. The van der Waals surface area contributed by atoms with Crippen LogP contribution in [0.2, 0.25) is 9.36 Å². The first-order chi connectivity index (χ1) is 9.74. The van der Waals surface area contributed by atoms with E-state index in [2.05, 4.69) is 36.2 Å². The minimum atomic E-state index is 0.0833. The number of hydrogen-bond donors (Lipinski definition) is 0. The van der Waals surface area contributed by atoms with Crippen molar-refractivity contribution < 1.29 is 22.9 Å². The fraction of sp³-hybridized carbons (Fsp3) is 0.789. The third-order valence-electron chi connectivity index (χ3n) is 3.82. The normalized spacial score (nSPS) is 13.9. The van der Waals surface area contributed by atoms with Crippen LogP contribution in [0.1, 0.15) is 85.0 Å². The first kappa shape index (κ1) is 20.4. The molecule has 1 aliphatic rings. The van der Waals surface area contributed by atoms with E-state index in [4.69, 9.17) is 0 Å². The Labute approximate surface area is 139 Å². The molecule has 0 aromatic rings. The summed E-state index contributed by atoms with van der Waals surface area (Å²) >= 11 is 0.0833. The van der Waals surface area contributed by atoms with Crippen LogP contribution < -0.4 is 0 Å². The first-order valence-electron chi connectivity index (χ1n) is 8.73. The number of hydrogen-bond acceptors (Lipinski definition) is 0. The molecule has 0 N–H and O–H groups in total. The summed E-state index contributed by atoms with van der Waals surface area (Å²) in [6.07, 6.45) is 15.9. The van der Waals surface area contributed by atoms with Gasteiger partial charge in [-0.3, -0.25) is 0 Å². The number of unbranched alkanes of at least 4 members (excludes halogenated alkanes) is 3. The van der Waals surface area contributed by atoms with E-state index >= 15 is 0 Å². The molecule has 1 aliphatic carbocycles. The summed E-state index contributed by atoms with van der Waals surface area (Å²) in [5, 5.41) is 0. The second-order valence-corrected chi connectivity index (χ2v) is 9.42. The van der Waals surface area contributed by atoms with Gasteiger partial charge in [0, 0.05) is 0 Å². The third-order valence-corrected chi connectivity index (χ3v) is 3.82. The van der Waals surface area contributed by atoms with E-state index in [0.29, 0.717) is 0 Å². The van der Waals surface area contributed by atoms with Crippen molar-refractivity contribution in [2.45, 2.75) is 94.3 Å². The molecule has 0 saturated carbocycles. The van der Waals surface area contributed by atoms with Gasteiger partial charge in [0.2, 0.25) is 0 Å². The van der Waals surface area contributed by atoms with Crippen LogP contribution >= 0.6 is 0 Å². The quantitative estimate of drug-likeness (QED) is 0.327. The molecular weight excluding hydrogens is 407 g/mol. The molecule has 0 aliphatic heterocycles. The van der Waals surface area contributed by atoms with E-state index in [1.807, 2.05) is 0 Å². The summed E-state index contributed by atoms with van der Waals surface area (Å²) in [4.78, 5) is 0. The van der Waals surface area contributed by atoms with Crippen molar-refractivity contribution in [3.05, 3.63) is 22.8 Å². The summed E-state index contributed by atoms with van der Waals surface area (Å²) in [5.74, 6) is 0. The van der Waals surface area contributed by atoms with E-state index in [1.54, 1.807) is 16.7 Å². The predicted molar refractivity (Wildman–Crippen MR) is 90.0 cm³/mol. The van der Waals surface area contributed by atoms with E-state index in [-0.39, 0.29) is 22.9 Å². The number of allylic oxidation sites excluding steroid dienone is 4. The Kier molecular flexibility index (Phi) is 14.5. The minimum absolute atomic E-state index is 0.0833. The van der Waals surface area contributed by atoms with Crippen molar-refractivity contribution in [1.29, 1.82) is 0 Å². The van der Waals surface area contributed by atoms with Crippen LogP contribution in [0.5, 0.6) is 0 Å². The monoisotopic (exact) mass is 444 g/mol. The van der Waals surface area contributed by atoms with Crippen LogP contribution in [0.25, 0.3) is 0 Å². The zero-order chi connectivity index (χ0) is 15.2. The molecule has 0 radical (unpaired) electrons. The molecule has 20 heavy (non-hydrogen) atoms. The van der Waals surface area contributed by atoms with Gasteiger partial charge in [-0.25, -0.2) is 0 Å². The summed E-state index contributed by atoms with van der Waals surface area (Å²) in [6, 6.07) is 0. The van der Waals surface area contributed by atoms with Crippen LogP contribution in [0.4, 0.5) is 0 Å². The molecule has 0 spiro atoms. The Hall–Kier alpha value is 0.350. The molecule has 0 aromatic heterocycles. The van der Waals surface area contributed by atoms with E-state index in [9.17, 15) is 0 Å². The topological polar surface area (TPSA) is 0 Å². The molecule has 0 unspecified atom stereocenters. The van der Waals surface area contributed by atoms with Gasteiger partial charge >= 0.3 is 32.3 Å². The second kappa shape index (κ2) is 14.3. The van der Waals surface area contributed by atoms with Crippen molar-refractivity contribution in [3.63, 3.8) is 0 Å². The molecule has 0 saturated heterocycles. The molecule has 1 heteroatoms. The Morgan fingerprint density at radius 3 is 1.90 bits per heavy atom. The van der Waals surface area contributed by atoms with Crippen molar-refractivity contribution >= 4 is 0 Å². The van der Waals surface area contributed by atoms with Gasteiger partial charge in [-0.2, -0.15) is 0 Å². The Bertz CT molecular complexity index is 286. The molecule has 116 valence electrons. The Balaban J connectivity index is 0.00000110. The van der Waals surface area contributed by atoms with Crippen LogP contribution in [0, 0.1) is 0 Å². The van der Waals surface area contributed by atoms with Crippen LogP contribution in [0.15, 0.2) is 22.8 Å². The van der Waals surface area contributed by atoms with E-state index in [1.165, 1.54) is 64.2 Å². The summed E-state index contributed by atoms with van der Waals surface area (Å²) in [5.41, 5.74) is 5.23. The fourth-order valence-electron chi connectivity index (χ4n) is 2.67. The van der Waals surface area contributed by atoms with Crippen LogP contribution in [-0.4, -0.2) is 0 Å². The zero-order valence-corrected chi connectivity index (χ0v) is 18.2. The predicted octanol–water partition coefficient (Wildman–Crippen LogP) is 7.35. The van der Waals surface area contributed by atoms with Crippen molar-refractivity contribution in [3.8, 4) is 0 Å². The second-order valence-electron chi connectivity index (χ2n) is 5.83. The van der Waals surface area contributed by atoms with Gasteiger partial charge in [0.05, 0.1) is 0 Å². The van der Waals surface area contributed by atoms with Crippen molar-refractivity contribution in [1.82, 2.24) is 0 Å².